The van der Waals surface area contributed by atoms with E-state index in [2.05, 4.69) is 35.8 Å². The van der Waals surface area contributed by atoms with Gasteiger partial charge in [-0.05, 0) is 55.6 Å². The van der Waals surface area contributed by atoms with Gasteiger partial charge in [0.05, 0.1) is 7.11 Å². The molecule has 3 heteroatoms. The van der Waals surface area contributed by atoms with Crippen molar-refractivity contribution >= 4 is 0 Å². The van der Waals surface area contributed by atoms with Gasteiger partial charge in [0.2, 0.25) is 0 Å². The Bertz CT molecular complexity index is 373. The molecule has 1 saturated heterocycles. The molecule has 0 aliphatic carbocycles. The molecule has 1 aliphatic heterocycles. The zero-order valence-electron chi connectivity index (χ0n) is 11.5. The molecule has 0 saturated carbocycles. The van der Waals surface area contributed by atoms with Crippen LogP contribution in [-0.2, 0) is 13.0 Å². The first-order valence-electron chi connectivity index (χ1n) is 6.90. The molecule has 1 fully saturated rings. The number of rotatable bonds is 6. The number of benzene rings is 1. The summed E-state index contributed by atoms with van der Waals surface area (Å²) in [4.78, 5) is 0. The fraction of sp³-hybridized carbons (Fsp3) is 0.600. The Labute approximate surface area is 110 Å². The summed E-state index contributed by atoms with van der Waals surface area (Å²) in [7, 11) is 1.74. The third-order valence-corrected chi connectivity index (χ3v) is 3.65. The maximum atomic E-state index is 5.35. The van der Waals surface area contributed by atoms with Gasteiger partial charge in [-0.2, -0.15) is 0 Å². The van der Waals surface area contributed by atoms with Crippen LogP contribution in [0.1, 0.15) is 24.5 Å². The van der Waals surface area contributed by atoms with Gasteiger partial charge in [0.15, 0.2) is 0 Å². The average Bonchev–Trinajstić information content (AvgIpc) is 2.91. The first-order valence-corrected chi connectivity index (χ1v) is 6.90. The van der Waals surface area contributed by atoms with Gasteiger partial charge in [0, 0.05) is 6.54 Å². The van der Waals surface area contributed by atoms with Gasteiger partial charge in [-0.3, -0.25) is 0 Å². The van der Waals surface area contributed by atoms with Gasteiger partial charge in [0.25, 0.3) is 0 Å². The third kappa shape index (κ3) is 3.47. The van der Waals surface area contributed by atoms with E-state index in [0.29, 0.717) is 0 Å². The molecule has 0 bridgehead atoms. The highest BCUT2D eigenvalue weighted by Gasteiger charge is 2.13. The molecule has 1 heterocycles. The van der Waals surface area contributed by atoms with E-state index in [-0.39, 0.29) is 0 Å². The maximum absolute atomic E-state index is 5.35. The molecule has 0 aromatic heterocycles. The largest absolute Gasteiger partial charge is 0.496 e. The highest BCUT2D eigenvalue weighted by Crippen LogP contribution is 2.20. The SMILES string of the molecule is CCc1cc(CNCC2CCNC2)ccc1OC. The van der Waals surface area contributed by atoms with Gasteiger partial charge < -0.3 is 15.4 Å². The summed E-state index contributed by atoms with van der Waals surface area (Å²) in [5.74, 6) is 1.80. The van der Waals surface area contributed by atoms with Crippen LogP contribution in [0.2, 0.25) is 0 Å². The van der Waals surface area contributed by atoms with Crippen molar-refractivity contribution in [2.24, 2.45) is 5.92 Å². The molecule has 3 nitrogen and oxygen atoms in total. The third-order valence-electron chi connectivity index (χ3n) is 3.65. The van der Waals surface area contributed by atoms with Crippen molar-refractivity contribution in [1.29, 1.82) is 0 Å². The van der Waals surface area contributed by atoms with Crippen molar-refractivity contribution in [2.45, 2.75) is 26.3 Å². The molecule has 100 valence electrons. The molecule has 0 radical (unpaired) electrons. The second-order valence-corrected chi connectivity index (χ2v) is 4.99. The summed E-state index contributed by atoms with van der Waals surface area (Å²) in [5.41, 5.74) is 2.64. The van der Waals surface area contributed by atoms with Crippen LogP contribution < -0.4 is 15.4 Å². The van der Waals surface area contributed by atoms with Crippen LogP contribution in [0.25, 0.3) is 0 Å². The normalized spacial score (nSPS) is 19.1. The predicted octanol–water partition coefficient (Wildman–Crippen LogP) is 1.96. The highest BCUT2D eigenvalue weighted by molar-refractivity contribution is 5.37. The number of nitrogens with one attached hydrogen (secondary N) is 2. The molecule has 0 amide bonds. The molecule has 1 unspecified atom stereocenters. The quantitative estimate of drug-likeness (QED) is 0.807. The van der Waals surface area contributed by atoms with Crippen LogP contribution in [0.3, 0.4) is 0 Å². The molecule has 18 heavy (non-hydrogen) atoms. The lowest BCUT2D eigenvalue weighted by molar-refractivity contribution is 0.410. The van der Waals surface area contributed by atoms with E-state index in [1.165, 1.54) is 24.1 Å². The Morgan fingerprint density at radius 2 is 2.33 bits per heavy atom. The number of methoxy groups -OCH3 is 1. The fourth-order valence-corrected chi connectivity index (χ4v) is 2.53. The predicted molar refractivity (Wildman–Crippen MR) is 75.1 cm³/mol. The molecule has 1 aromatic rings. The summed E-state index contributed by atoms with van der Waals surface area (Å²) >= 11 is 0. The van der Waals surface area contributed by atoms with Crippen molar-refractivity contribution in [1.82, 2.24) is 10.6 Å². The van der Waals surface area contributed by atoms with E-state index >= 15 is 0 Å². The molecule has 1 aromatic carbocycles. The van der Waals surface area contributed by atoms with E-state index < -0.39 is 0 Å². The lowest BCUT2D eigenvalue weighted by Gasteiger charge is -2.12. The Morgan fingerprint density at radius 3 is 3.00 bits per heavy atom. The lowest BCUT2D eigenvalue weighted by Crippen LogP contribution is -2.24. The fourth-order valence-electron chi connectivity index (χ4n) is 2.53. The molecular formula is C15H24N2O. The Kier molecular flexibility index (Phi) is 5.02. The van der Waals surface area contributed by atoms with Crippen molar-refractivity contribution in [3.05, 3.63) is 29.3 Å². The van der Waals surface area contributed by atoms with E-state index in [9.17, 15) is 0 Å². The minimum Gasteiger partial charge on any atom is -0.496 e. The summed E-state index contributed by atoms with van der Waals surface area (Å²) in [6.07, 6.45) is 2.32. The smallest absolute Gasteiger partial charge is 0.122 e. The Hall–Kier alpha value is -1.06. The van der Waals surface area contributed by atoms with Gasteiger partial charge in [-0.15, -0.1) is 0 Å². The van der Waals surface area contributed by atoms with E-state index in [1.807, 2.05) is 0 Å². The zero-order chi connectivity index (χ0) is 12.8. The summed E-state index contributed by atoms with van der Waals surface area (Å²) in [6, 6.07) is 6.48. The first-order chi connectivity index (χ1) is 8.83. The van der Waals surface area contributed by atoms with Crippen LogP contribution in [0, 0.1) is 5.92 Å². The zero-order valence-corrected chi connectivity index (χ0v) is 11.5. The minimum atomic E-state index is 0.800. The molecule has 0 spiro atoms. The minimum absolute atomic E-state index is 0.800. The standard InChI is InChI=1S/C15H24N2O/c1-3-14-8-12(4-5-15(14)18-2)9-17-11-13-6-7-16-10-13/h4-5,8,13,16-17H,3,6-7,9-11H2,1-2H3. The monoisotopic (exact) mass is 248 g/mol. The van der Waals surface area contributed by atoms with Crippen LogP contribution in [0.5, 0.6) is 5.75 Å². The van der Waals surface area contributed by atoms with Crippen LogP contribution in [0.4, 0.5) is 0 Å². The summed E-state index contributed by atoms with van der Waals surface area (Å²) in [5, 5.41) is 6.95. The summed E-state index contributed by atoms with van der Waals surface area (Å²) in [6.45, 7) is 6.57. The van der Waals surface area contributed by atoms with Gasteiger partial charge >= 0.3 is 0 Å². The van der Waals surface area contributed by atoms with Crippen LogP contribution >= 0.6 is 0 Å². The molecular weight excluding hydrogens is 224 g/mol. The summed E-state index contributed by atoms with van der Waals surface area (Å²) < 4.78 is 5.35. The van der Waals surface area contributed by atoms with E-state index in [0.717, 1.165) is 37.7 Å². The van der Waals surface area contributed by atoms with Crippen molar-refractivity contribution in [3.8, 4) is 5.75 Å². The van der Waals surface area contributed by atoms with Gasteiger partial charge in [0.1, 0.15) is 5.75 Å². The lowest BCUT2D eigenvalue weighted by atomic mass is 10.1. The first kappa shape index (κ1) is 13.4. The van der Waals surface area contributed by atoms with E-state index in [1.54, 1.807) is 7.11 Å². The van der Waals surface area contributed by atoms with Gasteiger partial charge in [-0.1, -0.05) is 19.1 Å². The van der Waals surface area contributed by atoms with Crippen LogP contribution in [0.15, 0.2) is 18.2 Å². The average molecular weight is 248 g/mol. The topological polar surface area (TPSA) is 33.3 Å². The maximum Gasteiger partial charge on any atom is 0.122 e. The van der Waals surface area contributed by atoms with Crippen LogP contribution in [-0.4, -0.2) is 26.7 Å². The number of hydrogen-bond donors (Lipinski definition) is 2. The van der Waals surface area contributed by atoms with Crippen molar-refractivity contribution < 1.29 is 4.74 Å². The van der Waals surface area contributed by atoms with Gasteiger partial charge in [-0.25, -0.2) is 0 Å². The van der Waals surface area contributed by atoms with Crippen molar-refractivity contribution in [2.75, 3.05) is 26.7 Å². The van der Waals surface area contributed by atoms with E-state index in [4.69, 9.17) is 4.74 Å². The molecule has 2 N–H and O–H groups in total. The number of aryl methyl sites for hydroxylation is 1. The number of hydrogen-bond acceptors (Lipinski definition) is 3. The molecule has 1 atom stereocenters. The van der Waals surface area contributed by atoms with Crippen molar-refractivity contribution in [3.63, 3.8) is 0 Å². The number of ether oxygens (including phenoxy) is 1. The Balaban J connectivity index is 1.84. The molecule has 1 aliphatic rings. The second-order valence-electron chi connectivity index (χ2n) is 4.99. The second kappa shape index (κ2) is 6.76. The Morgan fingerprint density at radius 1 is 1.44 bits per heavy atom. The molecule has 2 rings (SSSR count). The highest BCUT2D eigenvalue weighted by atomic mass is 16.5.